The molecule has 0 aromatic carbocycles. The average Bonchev–Trinajstić information content (AvgIpc) is 2.56. The second kappa shape index (κ2) is 5.49. The van der Waals surface area contributed by atoms with Crippen LogP contribution in [-0.2, 0) is 11.8 Å². The molecule has 1 saturated heterocycles. The van der Waals surface area contributed by atoms with Crippen LogP contribution in [0, 0.1) is 0 Å². The van der Waals surface area contributed by atoms with Crippen LogP contribution in [0.2, 0.25) is 0 Å². The van der Waals surface area contributed by atoms with Gasteiger partial charge in [-0.1, -0.05) is 33.6 Å². The van der Waals surface area contributed by atoms with Crippen LogP contribution >= 0.6 is 11.3 Å². The second-order valence-electron chi connectivity index (χ2n) is 6.08. The molecule has 0 aliphatic carbocycles. The molecule has 0 bridgehead atoms. The molecule has 2 nitrogen and oxygen atoms in total. The van der Waals surface area contributed by atoms with E-state index in [0.717, 1.165) is 6.42 Å². The first kappa shape index (κ1) is 13.0. The molecule has 0 saturated carbocycles. The van der Waals surface area contributed by atoms with Gasteiger partial charge in [-0.2, -0.15) is 0 Å². The van der Waals surface area contributed by atoms with Crippen molar-refractivity contribution in [2.45, 2.75) is 64.3 Å². The average molecular weight is 252 g/mol. The lowest BCUT2D eigenvalue weighted by Gasteiger charge is -2.15. The number of rotatable bonds is 2. The lowest BCUT2D eigenvalue weighted by molar-refractivity contribution is 0.503. The quantitative estimate of drug-likeness (QED) is 0.871. The van der Waals surface area contributed by atoms with Crippen molar-refractivity contribution in [2.24, 2.45) is 0 Å². The largest absolute Gasteiger partial charge is 0.314 e. The van der Waals surface area contributed by atoms with E-state index in [1.807, 2.05) is 11.3 Å². The van der Waals surface area contributed by atoms with E-state index in [1.165, 1.54) is 42.9 Å². The molecule has 1 aromatic rings. The minimum atomic E-state index is 0.186. The van der Waals surface area contributed by atoms with Crippen molar-refractivity contribution in [1.82, 2.24) is 10.3 Å². The van der Waals surface area contributed by atoms with Gasteiger partial charge in [-0.3, -0.25) is 0 Å². The van der Waals surface area contributed by atoms with Crippen LogP contribution in [0.1, 0.15) is 57.2 Å². The molecule has 1 atom stereocenters. The van der Waals surface area contributed by atoms with Crippen LogP contribution < -0.4 is 5.32 Å². The summed E-state index contributed by atoms with van der Waals surface area (Å²) in [6.45, 7) is 7.88. The van der Waals surface area contributed by atoms with Gasteiger partial charge >= 0.3 is 0 Å². The van der Waals surface area contributed by atoms with Crippen LogP contribution in [0.4, 0.5) is 0 Å². The minimum absolute atomic E-state index is 0.186. The van der Waals surface area contributed by atoms with E-state index in [4.69, 9.17) is 4.98 Å². The van der Waals surface area contributed by atoms with Gasteiger partial charge in [0.05, 0.1) is 10.7 Å². The number of nitrogens with one attached hydrogen (secondary N) is 1. The van der Waals surface area contributed by atoms with E-state index in [1.54, 1.807) is 0 Å². The number of nitrogens with zero attached hydrogens (tertiary/aromatic N) is 1. The minimum Gasteiger partial charge on any atom is -0.314 e. The highest BCUT2D eigenvalue weighted by Crippen LogP contribution is 2.25. The third-order valence-electron chi connectivity index (χ3n) is 3.40. The molecule has 1 fully saturated rings. The van der Waals surface area contributed by atoms with Gasteiger partial charge in [0.2, 0.25) is 0 Å². The molecular formula is C14H24N2S. The highest BCUT2D eigenvalue weighted by atomic mass is 32.1. The van der Waals surface area contributed by atoms with Gasteiger partial charge in [0.1, 0.15) is 0 Å². The predicted octanol–water partition coefficient (Wildman–Crippen LogP) is 3.52. The summed E-state index contributed by atoms with van der Waals surface area (Å²) in [5.74, 6) is 0. The highest BCUT2D eigenvalue weighted by Gasteiger charge is 2.19. The van der Waals surface area contributed by atoms with Gasteiger partial charge in [0.15, 0.2) is 0 Å². The molecule has 1 N–H and O–H groups in total. The fourth-order valence-electron chi connectivity index (χ4n) is 2.23. The van der Waals surface area contributed by atoms with E-state index in [-0.39, 0.29) is 5.41 Å². The molecule has 1 aliphatic rings. The normalized spacial score (nSPS) is 22.4. The SMILES string of the molecule is CC(C)(C)c1csc(CC2CCCCCN2)n1. The molecule has 2 rings (SSSR count). The third-order valence-corrected chi connectivity index (χ3v) is 4.27. The monoisotopic (exact) mass is 252 g/mol. The summed E-state index contributed by atoms with van der Waals surface area (Å²) in [4.78, 5) is 4.78. The molecular weight excluding hydrogens is 228 g/mol. The maximum absolute atomic E-state index is 4.78. The Labute approximate surface area is 109 Å². The standard InChI is InChI=1S/C14H24N2S/c1-14(2,3)12-10-17-13(16-12)9-11-7-5-4-6-8-15-11/h10-11,15H,4-9H2,1-3H3. The Hall–Kier alpha value is -0.410. The highest BCUT2D eigenvalue weighted by molar-refractivity contribution is 7.09. The lowest BCUT2D eigenvalue weighted by Crippen LogP contribution is -2.30. The molecule has 0 spiro atoms. The maximum atomic E-state index is 4.78. The third kappa shape index (κ3) is 3.78. The first-order chi connectivity index (χ1) is 8.05. The van der Waals surface area contributed by atoms with E-state index in [0.29, 0.717) is 6.04 Å². The summed E-state index contributed by atoms with van der Waals surface area (Å²) in [5, 5.41) is 7.17. The smallest absolute Gasteiger partial charge is 0.0944 e. The summed E-state index contributed by atoms with van der Waals surface area (Å²) in [5.41, 5.74) is 1.43. The van der Waals surface area contributed by atoms with Gasteiger partial charge in [-0.05, 0) is 19.4 Å². The zero-order valence-electron chi connectivity index (χ0n) is 11.3. The van der Waals surface area contributed by atoms with Crippen molar-refractivity contribution < 1.29 is 0 Å². The molecule has 2 heterocycles. The van der Waals surface area contributed by atoms with Gasteiger partial charge in [-0.25, -0.2) is 4.98 Å². The van der Waals surface area contributed by atoms with E-state index >= 15 is 0 Å². The maximum Gasteiger partial charge on any atom is 0.0944 e. The fourth-order valence-corrected chi connectivity index (χ4v) is 3.34. The Kier molecular flexibility index (Phi) is 4.21. The molecule has 96 valence electrons. The zero-order chi connectivity index (χ0) is 12.3. The second-order valence-corrected chi connectivity index (χ2v) is 7.02. The summed E-state index contributed by atoms with van der Waals surface area (Å²) < 4.78 is 0. The van der Waals surface area contributed by atoms with E-state index in [9.17, 15) is 0 Å². The molecule has 1 aromatic heterocycles. The van der Waals surface area contributed by atoms with Crippen molar-refractivity contribution in [1.29, 1.82) is 0 Å². The summed E-state index contributed by atoms with van der Waals surface area (Å²) in [7, 11) is 0. The van der Waals surface area contributed by atoms with Crippen LogP contribution in [0.15, 0.2) is 5.38 Å². The van der Waals surface area contributed by atoms with Gasteiger partial charge in [-0.15, -0.1) is 11.3 Å². The van der Waals surface area contributed by atoms with Gasteiger partial charge in [0, 0.05) is 23.3 Å². The first-order valence-electron chi connectivity index (χ1n) is 6.74. The number of hydrogen-bond donors (Lipinski definition) is 1. The Morgan fingerprint density at radius 2 is 2.18 bits per heavy atom. The number of aromatic nitrogens is 1. The number of thiazole rings is 1. The molecule has 17 heavy (non-hydrogen) atoms. The predicted molar refractivity (Wildman–Crippen MR) is 74.8 cm³/mol. The van der Waals surface area contributed by atoms with Crippen LogP contribution in [-0.4, -0.2) is 17.6 Å². The summed E-state index contributed by atoms with van der Waals surface area (Å²) in [6.07, 6.45) is 6.51. The Morgan fingerprint density at radius 1 is 1.35 bits per heavy atom. The van der Waals surface area contributed by atoms with Crippen molar-refractivity contribution in [3.8, 4) is 0 Å². The van der Waals surface area contributed by atoms with E-state index < -0.39 is 0 Å². The van der Waals surface area contributed by atoms with Gasteiger partial charge in [0.25, 0.3) is 0 Å². The molecule has 3 heteroatoms. The topological polar surface area (TPSA) is 24.9 Å². The van der Waals surface area contributed by atoms with Crippen molar-refractivity contribution >= 4 is 11.3 Å². The lowest BCUT2D eigenvalue weighted by atomic mass is 9.93. The summed E-state index contributed by atoms with van der Waals surface area (Å²) in [6, 6.07) is 0.650. The van der Waals surface area contributed by atoms with Crippen LogP contribution in [0.25, 0.3) is 0 Å². The van der Waals surface area contributed by atoms with Crippen molar-refractivity contribution in [3.05, 3.63) is 16.1 Å². The Balaban J connectivity index is 1.96. The Morgan fingerprint density at radius 3 is 2.88 bits per heavy atom. The van der Waals surface area contributed by atoms with Crippen LogP contribution in [0.5, 0.6) is 0 Å². The molecule has 0 amide bonds. The van der Waals surface area contributed by atoms with E-state index in [2.05, 4.69) is 31.5 Å². The molecule has 1 aliphatic heterocycles. The van der Waals surface area contributed by atoms with Crippen molar-refractivity contribution in [3.63, 3.8) is 0 Å². The van der Waals surface area contributed by atoms with Crippen LogP contribution in [0.3, 0.4) is 0 Å². The number of hydrogen-bond acceptors (Lipinski definition) is 3. The first-order valence-corrected chi connectivity index (χ1v) is 7.62. The molecule has 1 unspecified atom stereocenters. The zero-order valence-corrected chi connectivity index (χ0v) is 12.1. The molecule has 0 radical (unpaired) electrons. The summed E-state index contributed by atoms with van der Waals surface area (Å²) >= 11 is 1.83. The van der Waals surface area contributed by atoms with Crippen molar-refractivity contribution in [2.75, 3.05) is 6.54 Å². The van der Waals surface area contributed by atoms with Gasteiger partial charge < -0.3 is 5.32 Å². The fraction of sp³-hybridized carbons (Fsp3) is 0.786. The Bertz CT molecular complexity index is 343.